The SMILES string of the molecule is CCCCC(CC)C(=O)OOC(C=C(C)CCC=C(C)C)C(C)(C)C. The third-order valence-corrected chi connectivity index (χ3v) is 4.35. The quantitative estimate of drug-likeness (QED) is 0.233. The fourth-order valence-corrected chi connectivity index (χ4v) is 2.46. The van der Waals surface area contributed by atoms with Crippen molar-refractivity contribution in [2.45, 2.75) is 100 Å². The summed E-state index contributed by atoms with van der Waals surface area (Å²) in [5.74, 6) is -0.302. The molecular formula is C22H40O3. The van der Waals surface area contributed by atoms with Crippen molar-refractivity contribution in [3.8, 4) is 0 Å². The van der Waals surface area contributed by atoms with E-state index in [-0.39, 0.29) is 23.4 Å². The van der Waals surface area contributed by atoms with Crippen molar-refractivity contribution < 1.29 is 14.6 Å². The number of rotatable bonds is 11. The summed E-state index contributed by atoms with van der Waals surface area (Å²) >= 11 is 0. The zero-order chi connectivity index (χ0) is 19.5. The van der Waals surface area contributed by atoms with E-state index >= 15 is 0 Å². The molecule has 0 aliphatic heterocycles. The minimum atomic E-state index is -0.244. The Labute approximate surface area is 155 Å². The molecule has 0 bridgehead atoms. The van der Waals surface area contributed by atoms with Crippen LogP contribution in [0.5, 0.6) is 0 Å². The first kappa shape index (κ1) is 23.9. The topological polar surface area (TPSA) is 35.5 Å². The van der Waals surface area contributed by atoms with Gasteiger partial charge in [-0.2, -0.15) is 4.89 Å². The summed E-state index contributed by atoms with van der Waals surface area (Å²) in [5.41, 5.74) is 2.46. The van der Waals surface area contributed by atoms with Gasteiger partial charge in [-0.25, -0.2) is 4.79 Å². The van der Waals surface area contributed by atoms with E-state index in [0.717, 1.165) is 38.5 Å². The van der Waals surface area contributed by atoms with Crippen molar-refractivity contribution in [2.75, 3.05) is 0 Å². The van der Waals surface area contributed by atoms with Gasteiger partial charge in [0.1, 0.15) is 6.10 Å². The molecule has 2 atom stereocenters. The third kappa shape index (κ3) is 11.2. The molecule has 0 fully saturated rings. The monoisotopic (exact) mass is 352 g/mol. The lowest BCUT2D eigenvalue weighted by atomic mass is 9.87. The van der Waals surface area contributed by atoms with E-state index < -0.39 is 0 Å². The predicted octanol–water partition coefficient (Wildman–Crippen LogP) is 6.79. The Hall–Kier alpha value is -1.09. The molecule has 0 aromatic rings. The zero-order valence-electron chi connectivity index (χ0n) is 17.8. The second-order valence-electron chi connectivity index (χ2n) is 8.37. The maximum absolute atomic E-state index is 12.3. The summed E-state index contributed by atoms with van der Waals surface area (Å²) in [4.78, 5) is 23.1. The molecule has 0 N–H and O–H groups in total. The molecule has 0 radical (unpaired) electrons. The van der Waals surface area contributed by atoms with Crippen LogP contribution in [-0.2, 0) is 14.6 Å². The normalized spacial score (nSPS) is 14.8. The molecule has 0 amide bonds. The van der Waals surface area contributed by atoms with Crippen LogP contribution in [0, 0.1) is 11.3 Å². The first-order valence-corrected chi connectivity index (χ1v) is 9.79. The number of carbonyl (C=O) groups excluding carboxylic acids is 1. The Balaban J connectivity index is 4.78. The van der Waals surface area contributed by atoms with Gasteiger partial charge in [-0.15, -0.1) is 0 Å². The third-order valence-electron chi connectivity index (χ3n) is 4.35. The Morgan fingerprint density at radius 3 is 2.24 bits per heavy atom. The van der Waals surface area contributed by atoms with Crippen LogP contribution >= 0.6 is 0 Å². The fraction of sp³-hybridized carbons (Fsp3) is 0.773. The van der Waals surface area contributed by atoms with Gasteiger partial charge in [0, 0.05) is 0 Å². The highest BCUT2D eigenvalue weighted by Gasteiger charge is 2.27. The summed E-state index contributed by atoms with van der Waals surface area (Å²) in [6.45, 7) is 16.8. The van der Waals surface area contributed by atoms with Crippen molar-refractivity contribution in [1.29, 1.82) is 0 Å². The van der Waals surface area contributed by atoms with E-state index in [2.05, 4.69) is 60.6 Å². The summed E-state index contributed by atoms with van der Waals surface area (Å²) in [6.07, 6.45) is 9.89. The molecule has 0 rings (SSSR count). The Bertz CT molecular complexity index is 437. The van der Waals surface area contributed by atoms with E-state index in [9.17, 15) is 4.79 Å². The highest BCUT2D eigenvalue weighted by Crippen LogP contribution is 2.26. The lowest BCUT2D eigenvalue weighted by Gasteiger charge is -2.27. The van der Waals surface area contributed by atoms with E-state index in [1.54, 1.807) is 0 Å². The fourth-order valence-electron chi connectivity index (χ4n) is 2.46. The Morgan fingerprint density at radius 2 is 1.76 bits per heavy atom. The molecule has 0 aliphatic carbocycles. The van der Waals surface area contributed by atoms with Gasteiger partial charge < -0.3 is 0 Å². The maximum Gasteiger partial charge on any atom is 0.345 e. The van der Waals surface area contributed by atoms with E-state index in [1.807, 2.05) is 6.92 Å². The molecule has 0 spiro atoms. The molecule has 0 heterocycles. The van der Waals surface area contributed by atoms with Gasteiger partial charge in [-0.3, -0.25) is 4.89 Å². The van der Waals surface area contributed by atoms with Gasteiger partial charge in [-0.05, 0) is 51.9 Å². The summed E-state index contributed by atoms with van der Waals surface area (Å²) in [6, 6.07) is 0. The number of carbonyl (C=O) groups is 1. The van der Waals surface area contributed by atoms with Crippen LogP contribution in [0.2, 0.25) is 0 Å². The smallest absolute Gasteiger partial charge is 0.297 e. The van der Waals surface area contributed by atoms with Gasteiger partial charge in [-0.1, -0.05) is 70.8 Å². The summed E-state index contributed by atoms with van der Waals surface area (Å²) in [7, 11) is 0. The average molecular weight is 353 g/mol. The standard InChI is InChI=1S/C22H40O3/c1-9-11-15-19(10-2)21(23)25-24-20(22(6,7)8)16-18(5)14-12-13-17(3)4/h13,16,19-20H,9-12,14-15H2,1-8H3. The molecule has 2 unspecified atom stereocenters. The number of unbranched alkanes of at least 4 members (excludes halogenated alkanes) is 1. The van der Waals surface area contributed by atoms with Gasteiger partial charge in [0.15, 0.2) is 0 Å². The minimum Gasteiger partial charge on any atom is -0.297 e. The second-order valence-corrected chi connectivity index (χ2v) is 8.37. The van der Waals surface area contributed by atoms with E-state index in [4.69, 9.17) is 9.78 Å². The van der Waals surface area contributed by atoms with Crippen molar-refractivity contribution in [1.82, 2.24) is 0 Å². The molecule has 0 saturated heterocycles. The first-order chi connectivity index (χ1) is 11.6. The summed E-state index contributed by atoms with van der Waals surface area (Å²) < 4.78 is 0. The molecule has 146 valence electrons. The molecule has 3 nitrogen and oxygen atoms in total. The van der Waals surface area contributed by atoms with Crippen LogP contribution in [0.15, 0.2) is 23.3 Å². The molecule has 0 aromatic carbocycles. The summed E-state index contributed by atoms with van der Waals surface area (Å²) in [5, 5.41) is 0. The van der Waals surface area contributed by atoms with Crippen LogP contribution in [0.25, 0.3) is 0 Å². The molecule has 25 heavy (non-hydrogen) atoms. The Morgan fingerprint density at radius 1 is 1.12 bits per heavy atom. The Kier molecular flexibility index (Phi) is 11.8. The molecule has 0 aliphatic rings. The zero-order valence-corrected chi connectivity index (χ0v) is 17.8. The van der Waals surface area contributed by atoms with Crippen LogP contribution in [0.4, 0.5) is 0 Å². The largest absolute Gasteiger partial charge is 0.345 e. The van der Waals surface area contributed by atoms with Crippen LogP contribution in [0.1, 0.15) is 93.9 Å². The average Bonchev–Trinajstić information content (AvgIpc) is 2.50. The van der Waals surface area contributed by atoms with E-state index in [1.165, 1.54) is 11.1 Å². The minimum absolute atomic E-state index is 0.0664. The van der Waals surface area contributed by atoms with Gasteiger partial charge >= 0.3 is 5.97 Å². The van der Waals surface area contributed by atoms with E-state index in [0.29, 0.717) is 0 Å². The van der Waals surface area contributed by atoms with Gasteiger partial charge in [0.05, 0.1) is 5.92 Å². The molecule has 3 heteroatoms. The lowest BCUT2D eigenvalue weighted by molar-refractivity contribution is -0.306. The predicted molar refractivity (Wildman–Crippen MR) is 106 cm³/mol. The van der Waals surface area contributed by atoms with Crippen molar-refractivity contribution in [3.05, 3.63) is 23.3 Å². The highest BCUT2D eigenvalue weighted by molar-refractivity contribution is 5.71. The number of allylic oxidation sites excluding steroid dienone is 3. The van der Waals surface area contributed by atoms with Gasteiger partial charge in [0.25, 0.3) is 0 Å². The first-order valence-electron chi connectivity index (χ1n) is 9.79. The van der Waals surface area contributed by atoms with Crippen molar-refractivity contribution in [3.63, 3.8) is 0 Å². The number of hydrogen-bond donors (Lipinski definition) is 0. The second kappa shape index (κ2) is 12.3. The van der Waals surface area contributed by atoms with Crippen LogP contribution in [0.3, 0.4) is 0 Å². The van der Waals surface area contributed by atoms with Crippen molar-refractivity contribution in [2.24, 2.45) is 11.3 Å². The van der Waals surface area contributed by atoms with Crippen molar-refractivity contribution >= 4 is 5.97 Å². The highest BCUT2D eigenvalue weighted by atomic mass is 17.2. The van der Waals surface area contributed by atoms with Crippen LogP contribution < -0.4 is 0 Å². The lowest BCUT2D eigenvalue weighted by Crippen LogP contribution is -2.30. The molecular weight excluding hydrogens is 312 g/mol. The molecule has 0 aromatic heterocycles. The molecule has 0 saturated carbocycles. The maximum atomic E-state index is 12.3. The van der Waals surface area contributed by atoms with Gasteiger partial charge in [0.2, 0.25) is 0 Å². The van der Waals surface area contributed by atoms with Crippen LogP contribution in [-0.4, -0.2) is 12.1 Å². The number of hydrogen-bond acceptors (Lipinski definition) is 3.